The number of anilines is 1. The smallest absolute Gasteiger partial charge is 0.221 e. The van der Waals surface area contributed by atoms with Gasteiger partial charge in [-0.1, -0.05) is 31.9 Å². The van der Waals surface area contributed by atoms with Crippen molar-refractivity contribution < 1.29 is 14.3 Å². The molecule has 0 bridgehead atoms. The summed E-state index contributed by atoms with van der Waals surface area (Å²) in [4.78, 5) is 23.5. The summed E-state index contributed by atoms with van der Waals surface area (Å²) in [5, 5.41) is 6.04. The predicted molar refractivity (Wildman–Crippen MR) is 125 cm³/mol. The Morgan fingerprint density at radius 1 is 1.16 bits per heavy atom. The molecule has 0 aliphatic heterocycles. The van der Waals surface area contributed by atoms with Crippen molar-refractivity contribution in [2.24, 2.45) is 17.3 Å². The van der Waals surface area contributed by atoms with Gasteiger partial charge in [0.1, 0.15) is 0 Å². The zero-order valence-corrected chi connectivity index (χ0v) is 20.1. The third-order valence-electron chi connectivity index (χ3n) is 7.20. The number of amides is 2. The highest BCUT2D eigenvalue weighted by molar-refractivity contribution is 5.88. The van der Waals surface area contributed by atoms with Crippen molar-refractivity contribution in [1.29, 1.82) is 0 Å². The van der Waals surface area contributed by atoms with E-state index in [1.165, 1.54) is 32.6 Å². The van der Waals surface area contributed by atoms with Gasteiger partial charge < -0.3 is 15.4 Å². The average Bonchev–Trinajstić information content (AvgIpc) is 2.96. The normalized spacial score (nSPS) is 29.2. The van der Waals surface area contributed by atoms with Crippen LogP contribution in [0.25, 0.3) is 0 Å². The molecule has 1 aromatic rings. The van der Waals surface area contributed by atoms with Gasteiger partial charge in [-0.15, -0.1) is 0 Å². The van der Waals surface area contributed by atoms with Gasteiger partial charge in [-0.05, 0) is 81.4 Å². The van der Waals surface area contributed by atoms with Gasteiger partial charge in [0.05, 0.1) is 17.7 Å². The second-order valence-electron chi connectivity index (χ2n) is 10.9. The van der Waals surface area contributed by atoms with Crippen LogP contribution in [0.2, 0.25) is 0 Å². The number of nitrogens with one attached hydrogen (secondary N) is 2. The molecule has 2 aliphatic rings. The maximum atomic E-state index is 12.0. The highest BCUT2D eigenvalue weighted by atomic mass is 16.5. The van der Waals surface area contributed by atoms with Crippen molar-refractivity contribution in [1.82, 2.24) is 5.32 Å². The zero-order valence-electron chi connectivity index (χ0n) is 20.1. The summed E-state index contributed by atoms with van der Waals surface area (Å²) in [6.07, 6.45) is 7.18. The van der Waals surface area contributed by atoms with E-state index in [2.05, 4.69) is 38.3 Å². The van der Waals surface area contributed by atoms with Crippen LogP contribution in [0.3, 0.4) is 0 Å². The summed E-state index contributed by atoms with van der Waals surface area (Å²) in [6.45, 7) is 12.0. The van der Waals surface area contributed by atoms with Crippen LogP contribution in [-0.4, -0.2) is 23.5 Å². The molecular formula is C26H40N2O3. The van der Waals surface area contributed by atoms with Crippen molar-refractivity contribution in [2.45, 2.75) is 97.8 Å². The van der Waals surface area contributed by atoms with Crippen LogP contribution in [0.4, 0.5) is 5.69 Å². The fraction of sp³-hybridized carbons (Fsp3) is 0.692. The van der Waals surface area contributed by atoms with E-state index in [-0.39, 0.29) is 28.9 Å². The van der Waals surface area contributed by atoms with E-state index in [1.54, 1.807) is 6.92 Å². The maximum Gasteiger partial charge on any atom is 0.221 e. The first-order chi connectivity index (χ1) is 14.5. The summed E-state index contributed by atoms with van der Waals surface area (Å²) in [5.41, 5.74) is 1.90. The summed E-state index contributed by atoms with van der Waals surface area (Å²) in [7, 11) is 0. The van der Waals surface area contributed by atoms with Crippen LogP contribution in [0.15, 0.2) is 24.3 Å². The highest BCUT2D eigenvalue weighted by Crippen LogP contribution is 2.57. The minimum absolute atomic E-state index is 0.0196. The largest absolute Gasteiger partial charge is 0.372 e. The molecule has 2 saturated carbocycles. The number of carbonyl (C=O) groups is 2. The summed E-state index contributed by atoms with van der Waals surface area (Å²) < 4.78 is 6.52. The first kappa shape index (κ1) is 23.8. The van der Waals surface area contributed by atoms with E-state index in [4.69, 9.17) is 4.74 Å². The van der Waals surface area contributed by atoms with E-state index >= 15 is 0 Å². The van der Waals surface area contributed by atoms with Crippen LogP contribution in [-0.2, 0) is 14.3 Å². The van der Waals surface area contributed by atoms with Crippen molar-refractivity contribution in [3.05, 3.63) is 29.8 Å². The lowest BCUT2D eigenvalue weighted by Gasteiger charge is -2.47. The Labute approximate surface area is 187 Å². The standard InChI is InChI=1S/C26H40N2O3/c1-17(29)27-21-11-7-9-20(15-21)23(28-18(2)30)16-19-10-8-14-26(6)22(19)12-13-24(26)31-25(3,4)5/h7,9,11,15,19,22-24H,8,10,12-14,16H2,1-6H3,(H,27,29)(H,28,30)/t19?,22-,23?,24-,26-/m0/s1. The molecule has 3 rings (SSSR count). The van der Waals surface area contributed by atoms with Gasteiger partial charge >= 0.3 is 0 Å². The molecule has 5 nitrogen and oxygen atoms in total. The molecule has 2 amide bonds. The average molecular weight is 429 g/mol. The van der Waals surface area contributed by atoms with E-state index in [9.17, 15) is 9.59 Å². The highest BCUT2D eigenvalue weighted by Gasteiger charge is 2.52. The molecule has 1 aromatic carbocycles. The third kappa shape index (κ3) is 5.88. The fourth-order valence-electron chi connectivity index (χ4n) is 6.06. The summed E-state index contributed by atoms with van der Waals surface area (Å²) in [5.74, 6) is 1.05. The Morgan fingerprint density at radius 2 is 1.90 bits per heavy atom. The van der Waals surface area contributed by atoms with E-state index < -0.39 is 0 Å². The molecule has 2 unspecified atom stereocenters. The monoisotopic (exact) mass is 428 g/mol. The molecule has 2 aliphatic carbocycles. The SMILES string of the molecule is CC(=O)Nc1cccc(C(CC2CCC[C@]3(C)[C@@H](OC(C)(C)C)CC[C@@H]23)NC(C)=O)c1. The molecule has 5 atom stereocenters. The molecule has 2 fully saturated rings. The molecule has 2 N–H and O–H groups in total. The number of benzene rings is 1. The predicted octanol–water partition coefficient (Wildman–Crippen LogP) is 5.61. The lowest BCUT2D eigenvalue weighted by Crippen LogP contribution is -2.44. The molecule has 0 aromatic heterocycles. The van der Waals surface area contributed by atoms with Crippen LogP contribution in [0, 0.1) is 17.3 Å². The number of hydrogen-bond donors (Lipinski definition) is 2. The van der Waals surface area contributed by atoms with E-state index in [0.29, 0.717) is 17.9 Å². The zero-order chi connectivity index (χ0) is 22.8. The fourth-order valence-corrected chi connectivity index (χ4v) is 6.06. The Bertz CT molecular complexity index is 800. The van der Waals surface area contributed by atoms with Crippen LogP contribution >= 0.6 is 0 Å². The Kier molecular flexibility index (Phi) is 7.14. The number of fused-ring (bicyclic) bond motifs is 1. The van der Waals surface area contributed by atoms with Crippen LogP contribution in [0.1, 0.15) is 91.7 Å². The van der Waals surface area contributed by atoms with Gasteiger partial charge in [0.15, 0.2) is 0 Å². The topological polar surface area (TPSA) is 67.4 Å². The van der Waals surface area contributed by atoms with Crippen molar-refractivity contribution in [2.75, 3.05) is 5.32 Å². The molecule has 5 heteroatoms. The van der Waals surface area contributed by atoms with Gasteiger partial charge in [-0.25, -0.2) is 0 Å². The number of ether oxygens (including phenoxy) is 1. The second-order valence-corrected chi connectivity index (χ2v) is 10.9. The molecule has 0 spiro atoms. The Hall–Kier alpha value is -1.88. The van der Waals surface area contributed by atoms with Crippen molar-refractivity contribution in [3.8, 4) is 0 Å². The summed E-state index contributed by atoms with van der Waals surface area (Å²) in [6, 6.07) is 7.82. The van der Waals surface area contributed by atoms with Gasteiger partial charge in [-0.3, -0.25) is 9.59 Å². The number of rotatable bonds is 6. The lowest BCUT2D eigenvalue weighted by molar-refractivity contribution is -0.124. The lowest BCUT2D eigenvalue weighted by atomic mass is 9.62. The van der Waals surface area contributed by atoms with E-state index in [1.807, 2.05) is 24.3 Å². The maximum absolute atomic E-state index is 12.0. The Balaban J connectivity index is 1.80. The molecule has 0 radical (unpaired) electrons. The quantitative estimate of drug-likeness (QED) is 0.618. The molecule has 31 heavy (non-hydrogen) atoms. The number of carbonyl (C=O) groups excluding carboxylic acids is 2. The van der Waals surface area contributed by atoms with E-state index in [0.717, 1.165) is 24.1 Å². The molecule has 0 heterocycles. The van der Waals surface area contributed by atoms with Crippen LogP contribution in [0.5, 0.6) is 0 Å². The minimum atomic E-state index is -0.127. The molecule has 0 saturated heterocycles. The van der Waals surface area contributed by atoms with Crippen molar-refractivity contribution in [3.63, 3.8) is 0 Å². The first-order valence-corrected chi connectivity index (χ1v) is 11.8. The number of hydrogen-bond acceptors (Lipinski definition) is 3. The van der Waals surface area contributed by atoms with Gasteiger partial charge in [0, 0.05) is 19.5 Å². The summed E-state index contributed by atoms with van der Waals surface area (Å²) >= 11 is 0. The van der Waals surface area contributed by atoms with Gasteiger partial charge in [0.25, 0.3) is 0 Å². The first-order valence-electron chi connectivity index (χ1n) is 11.8. The van der Waals surface area contributed by atoms with Gasteiger partial charge in [-0.2, -0.15) is 0 Å². The third-order valence-corrected chi connectivity index (χ3v) is 7.20. The Morgan fingerprint density at radius 3 is 2.55 bits per heavy atom. The molecular weight excluding hydrogens is 388 g/mol. The van der Waals surface area contributed by atoms with Gasteiger partial charge in [0.2, 0.25) is 11.8 Å². The second kappa shape index (κ2) is 9.32. The molecule has 172 valence electrons. The minimum Gasteiger partial charge on any atom is -0.372 e. The van der Waals surface area contributed by atoms with Crippen LogP contribution < -0.4 is 10.6 Å². The van der Waals surface area contributed by atoms with Crippen molar-refractivity contribution >= 4 is 17.5 Å².